The van der Waals surface area contributed by atoms with Gasteiger partial charge in [-0.05, 0) is 30.5 Å². The van der Waals surface area contributed by atoms with E-state index in [1.807, 2.05) is 18.2 Å². The highest BCUT2D eigenvalue weighted by Gasteiger charge is 2.22. The van der Waals surface area contributed by atoms with Crippen LogP contribution in [0.4, 0.5) is 0 Å². The Balaban J connectivity index is 1.36. The van der Waals surface area contributed by atoms with E-state index >= 15 is 0 Å². The van der Waals surface area contributed by atoms with E-state index in [-0.39, 0.29) is 18.5 Å². The zero-order valence-electron chi connectivity index (χ0n) is 18.6. The number of rotatable bonds is 6. The van der Waals surface area contributed by atoms with E-state index in [1.54, 1.807) is 25.8 Å². The minimum atomic E-state index is -0.551. The van der Waals surface area contributed by atoms with Crippen LogP contribution in [0, 0.1) is 0 Å². The van der Waals surface area contributed by atoms with Gasteiger partial charge in [-0.25, -0.2) is 14.3 Å². The van der Waals surface area contributed by atoms with Crippen molar-refractivity contribution in [3.8, 4) is 5.75 Å². The third-order valence-electron chi connectivity index (χ3n) is 6.00. The second-order valence-electron chi connectivity index (χ2n) is 8.23. The summed E-state index contributed by atoms with van der Waals surface area (Å²) in [7, 11) is 4.89. The molecule has 1 N–H and O–H groups in total. The van der Waals surface area contributed by atoms with Gasteiger partial charge in [0.25, 0.3) is 5.56 Å². The molecule has 1 aliphatic rings. The van der Waals surface area contributed by atoms with Gasteiger partial charge >= 0.3 is 5.69 Å². The molecule has 0 atom stereocenters. The quantitative estimate of drug-likeness (QED) is 0.588. The van der Waals surface area contributed by atoms with E-state index < -0.39 is 11.2 Å². The van der Waals surface area contributed by atoms with Gasteiger partial charge in [-0.2, -0.15) is 0 Å². The van der Waals surface area contributed by atoms with Crippen LogP contribution >= 0.6 is 0 Å². The molecule has 0 bridgehead atoms. The van der Waals surface area contributed by atoms with Gasteiger partial charge < -0.3 is 14.6 Å². The number of benzene rings is 1. The molecule has 32 heavy (non-hydrogen) atoms. The Morgan fingerprint density at radius 3 is 2.69 bits per heavy atom. The van der Waals surface area contributed by atoms with Gasteiger partial charge in [0.05, 0.1) is 13.4 Å². The Hall–Kier alpha value is -3.40. The van der Waals surface area contributed by atoms with Crippen LogP contribution in [-0.2, 0) is 32.0 Å². The van der Waals surface area contributed by atoms with Gasteiger partial charge in [0, 0.05) is 39.8 Å². The lowest BCUT2D eigenvalue weighted by atomic mass is 10.0. The number of amides is 1. The van der Waals surface area contributed by atoms with E-state index in [1.165, 1.54) is 16.5 Å². The van der Waals surface area contributed by atoms with Crippen LogP contribution in [0.1, 0.15) is 18.4 Å². The van der Waals surface area contributed by atoms with Crippen molar-refractivity contribution in [2.45, 2.75) is 32.0 Å². The van der Waals surface area contributed by atoms with Gasteiger partial charge in [0.1, 0.15) is 12.3 Å². The zero-order valence-corrected chi connectivity index (χ0v) is 18.6. The Morgan fingerprint density at radius 1 is 1.22 bits per heavy atom. The lowest BCUT2D eigenvalue weighted by Crippen LogP contribution is -2.48. The number of carbonyl (C=O) groups is 1. The summed E-state index contributed by atoms with van der Waals surface area (Å²) in [6.45, 7) is 2.22. The smallest absolute Gasteiger partial charge is 0.332 e. The van der Waals surface area contributed by atoms with E-state index in [0.717, 1.165) is 42.8 Å². The molecular formula is C22H28N6O4. The van der Waals surface area contributed by atoms with Crippen LogP contribution in [0.2, 0.25) is 0 Å². The van der Waals surface area contributed by atoms with Crippen LogP contribution in [0.25, 0.3) is 11.2 Å². The van der Waals surface area contributed by atoms with Crippen molar-refractivity contribution < 1.29 is 9.53 Å². The molecule has 0 unspecified atom stereocenters. The molecule has 3 heterocycles. The summed E-state index contributed by atoms with van der Waals surface area (Å²) in [4.78, 5) is 44.4. The van der Waals surface area contributed by atoms with E-state index in [4.69, 9.17) is 4.74 Å². The number of piperidine rings is 1. The Labute approximate surface area is 185 Å². The van der Waals surface area contributed by atoms with Gasteiger partial charge in [-0.1, -0.05) is 12.1 Å². The number of methoxy groups -OCH3 is 1. The molecule has 1 fully saturated rings. The fourth-order valence-electron chi connectivity index (χ4n) is 4.22. The number of nitrogens with one attached hydrogen (secondary N) is 1. The van der Waals surface area contributed by atoms with E-state index in [9.17, 15) is 14.4 Å². The number of hydrogen-bond acceptors (Lipinski definition) is 6. The summed E-state index contributed by atoms with van der Waals surface area (Å²) in [5.41, 5.74) is 0.733. The van der Waals surface area contributed by atoms with Crippen molar-refractivity contribution in [2.75, 3.05) is 20.2 Å². The molecule has 0 aliphatic carbocycles. The number of aromatic nitrogens is 4. The Bertz CT molecular complexity index is 1250. The van der Waals surface area contributed by atoms with E-state index in [0.29, 0.717) is 11.2 Å². The number of fused-ring (bicyclic) bond motifs is 1. The largest absolute Gasteiger partial charge is 0.497 e. The maximum atomic E-state index is 12.8. The molecule has 10 nitrogen and oxygen atoms in total. The molecule has 1 saturated heterocycles. The van der Waals surface area contributed by atoms with Crippen molar-refractivity contribution in [1.29, 1.82) is 0 Å². The van der Waals surface area contributed by atoms with Gasteiger partial charge in [0.2, 0.25) is 5.91 Å². The molecule has 1 amide bonds. The highest BCUT2D eigenvalue weighted by atomic mass is 16.5. The van der Waals surface area contributed by atoms with Gasteiger partial charge in [-0.15, -0.1) is 0 Å². The first-order valence-electron chi connectivity index (χ1n) is 10.6. The second kappa shape index (κ2) is 8.99. The Kier molecular flexibility index (Phi) is 6.13. The molecule has 0 saturated carbocycles. The molecule has 1 aromatic carbocycles. The summed E-state index contributed by atoms with van der Waals surface area (Å²) < 4.78 is 9.11. The van der Waals surface area contributed by atoms with Crippen LogP contribution in [0.5, 0.6) is 5.75 Å². The van der Waals surface area contributed by atoms with Crippen LogP contribution in [0.3, 0.4) is 0 Å². The van der Waals surface area contributed by atoms with Crippen LogP contribution < -0.4 is 21.3 Å². The normalized spacial score (nSPS) is 15.2. The van der Waals surface area contributed by atoms with E-state index in [2.05, 4.69) is 21.3 Å². The highest BCUT2D eigenvalue weighted by molar-refractivity contribution is 5.77. The molecule has 3 aromatic rings. The third kappa shape index (κ3) is 4.31. The third-order valence-corrected chi connectivity index (χ3v) is 6.00. The maximum absolute atomic E-state index is 12.8. The van der Waals surface area contributed by atoms with Crippen molar-refractivity contribution in [2.24, 2.45) is 14.1 Å². The van der Waals surface area contributed by atoms with Crippen molar-refractivity contribution in [3.05, 3.63) is 57.0 Å². The summed E-state index contributed by atoms with van der Waals surface area (Å²) in [5.74, 6) is 0.507. The second-order valence-corrected chi connectivity index (χ2v) is 8.23. The minimum absolute atomic E-state index is 0.0176. The topological polar surface area (TPSA) is 103 Å². The van der Waals surface area contributed by atoms with Crippen molar-refractivity contribution >= 4 is 17.1 Å². The minimum Gasteiger partial charge on any atom is -0.497 e. The summed E-state index contributed by atoms with van der Waals surface area (Å²) >= 11 is 0. The average Bonchev–Trinajstić information content (AvgIpc) is 3.18. The molecule has 0 spiro atoms. The number of hydrogen-bond donors (Lipinski definition) is 1. The Morgan fingerprint density at radius 2 is 1.97 bits per heavy atom. The zero-order chi connectivity index (χ0) is 22.8. The molecular weight excluding hydrogens is 412 g/mol. The number of carbonyl (C=O) groups excluding carboxylic acids is 1. The number of imidazole rings is 1. The average molecular weight is 441 g/mol. The number of nitrogens with zero attached hydrogens (tertiary/aromatic N) is 5. The SMILES string of the molecule is COc1cccc(CN2CCC(NC(=O)Cn3c(=O)c4c(ncn4C)n(C)c3=O)CC2)c1. The molecule has 0 radical (unpaired) electrons. The van der Waals surface area contributed by atoms with Crippen molar-refractivity contribution in [1.82, 2.24) is 28.9 Å². The molecule has 2 aromatic heterocycles. The molecule has 10 heteroatoms. The molecule has 4 rings (SSSR count). The number of ether oxygens (including phenoxy) is 1. The summed E-state index contributed by atoms with van der Waals surface area (Å²) in [6.07, 6.45) is 3.10. The lowest BCUT2D eigenvalue weighted by Gasteiger charge is -2.32. The standard InChI is InChI=1S/C22H28N6O4/c1-25-14-23-20-19(25)21(30)28(22(31)26(20)2)13-18(29)24-16-7-9-27(10-8-16)12-15-5-4-6-17(11-15)32-3/h4-6,11,14,16H,7-10,12-13H2,1-3H3,(H,24,29). The summed E-state index contributed by atoms with van der Waals surface area (Å²) in [6, 6.07) is 8.04. The number of likely N-dealkylation sites (tertiary alicyclic amines) is 1. The van der Waals surface area contributed by atoms with Gasteiger partial charge in [-0.3, -0.25) is 19.1 Å². The van der Waals surface area contributed by atoms with Crippen LogP contribution in [-0.4, -0.2) is 55.7 Å². The first-order valence-corrected chi connectivity index (χ1v) is 10.6. The fraction of sp³-hybridized carbons (Fsp3) is 0.455. The van der Waals surface area contributed by atoms with Crippen LogP contribution in [0.15, 0.2) is 40.2 Å². The van der Waals surface area contributed by atoms with Gasteiger partial charge in [0.15, 0.2) is 11.2 Å². The van der Waals surface area contributed by atoms with Crippen molar-refractivity contribution in [3.63, 3.8) is 0 Å². The first-order chi connectivity index (χ1) is 15.4. The first kappa shape index (κ1) is 21.8. The summed E-state index contributed by atoms with van der Waals surface area (Å²) in [5, 5.41) is 2.98. The number of aryl methyl sites for hydroxylation is 2. The predicted octanol–water partition coefficient (Wildman–Crippen LogP) is 0.223. The fourth-order valence-corrected chi connectivity index (χ4v) is 4.22. The predicted molar refractivity (Wildman–Crippen MR) is 120 cm³/mol. The monoisotopic (exact) mass is 440 g/mol. The molecule has 1 aliphatic heterocycles. The highest BCUT2D eigenvalue weighted by Crippen LogP contribution is 2.17. The maximum Gasteiger partial charge on any atom is 0.332 e. The molecule has 170 valence electrons. The lowest BCUT2D eigenvalue weighted by molar-refractivity contribution is -0.122.